The third-order valence-electron chi connectivity index (χ3n) is 2.74. The lowest BCUT2D eigenvalue weighted by Gasteiger charge is -2.26. The molecule has 1 aromatic carbocycles. The molecule has 2 rings (SSSR count). The molecule has 0 fully saturated rings. The van der Waals surface area contributed by atoms with E-state index in [1.54, 1.807) is 0 Å². The molecule has 0 bridgehead atoms. The highest BCUT2D eigenvalue weighted by molar-refractivity contribution is 7.90. The summed E-state index contributed by atoms with van der Waals surface area (Å²) in [7, 11) is 0. The number of nitrogens with one attached hydrogen (secondary N) is 1. The topological polar surface area (TPSA) is 53.5 Å². The molecule has 0 aromatic heterocycles. The zero-order valence-corrected chi connectivity index (χ0v) is 12.0. The number of ether oxygens (including phenoxy) is 2. The molecular weight excluding hydrogens is 250 g/mol. The molecule has 1 unspecified atom stereocenters. The Kier molecular flexibility index (Phi) is 3.75. The lowest BCUT2D eigenvalue weighted by molar-refractivity contribution is 0.174. The average molecular weight is 269 g/mol. The highest BCUT2D eigenvalue weighted by atomic mass is 32.2. The first kappa shape index (κ1) is 13.5. The Bertz CT molecular complexity index is 431. The third-order valence-corrected chi connectivity index (χ3v) is 4.42. The number of rotatable bonds is 3. The molecule has 0 saturated carbocycles. The molecule has 18 heavy (non-hydrogen) atoms. The Labute approximate surface area is 111 Å². The van der Waals surface area contributed by atoms with Crippen molar-refractivity contribution in [3.8, 4) is 11.5 Å². The molecule has 0 saturated heterocycles. The first-order valence-electron chi connectivity index (χ1n) is 5.95. The molecule has 1 heterocycles. The van der Waals surface area contributed by atoms with Gasteiger partial charge in [-0.15, -0.1) is 4.72 Å². The second kappa shape index (κ2) is 4.99. The summed E-state index contributed by atoms with van der Waals surface area (Å²) in [6, 6.07) is 5.78. The minimum Gasteiger partial charge on any atom is -0.598 e. The van der Waals surface area contributed by atoms with Crippen LogP contribution in [0, 0.1) is 0 Å². The predicted molar refractivity (Wildman–Crippen MR) is 72.0 cm³/mol. The van der Waals surface area contributed by atoms with Gasteiger partial charge in [0.25, 0.3) is 0 Å². The first-order valence-corrected chi connectivity index (χ1v) is 7.10. The van der Waals surface area contributed by atoms with Crippen molar-refractivity contribution in [2.45, 2.75) is 38.5 Å². The molecule has 1 aliphatic rings. The van der Waals surface area contributed by atoms with Crippen molar-refractivity contribution >= 4 is 11.4 Å². The zero-order chi connectivity index (χ0) is 13.3. The number of fused-ring (bicyclic) bond motifs is 1. The Hall–Kier alpha value is -0.910. The van der Waals surface area contributed by atoms with E-state index in [0.29, 0.717) is 0 Å². The van der Waals surface area contributed by atoms with Gasteiger partial charge in [0.1, 0.15) is 4.75 Å². The van der Waals surface area contributed by atoms with Crippen LogP contribution in [0.15, 0.2) is 18.2 Å². The van der Waals surface area contributed by atoms with E-state index >= 15 is 0 Å². The van der Waals surface area contributed by atoms with Crippen LogP contribution >= 0.6 is 0 Å². The molecule has 1 N–H and O–H groups in total. The van der Waals surface area contributed by atoms with Crippen LogP contribution in [0.3, 0.4) is 0 Å². The fourth-order valence-electron chi connectivity index (χ4n) is 1.59. The maximum Gasteiger partial charge on any atom is 0.231 e. The van der Waals surface area contributed by atoms with Crippen LogP contribution in [0.1, 0.15) is 39.3 Å². The first-order chi connectivity index (χ1) is 8.38. The Morgan fingerprint density at radius 3 is 2.61 bits per heavy atom. The van der Waals surface area contributed by atoms with E-state index < -0.39 is 11.4 Å². The van der Waals surface area contributed by atoms with Crippen molar-refractivity contribution in [1.82, 2.24) is 4.72 Å². The van der Waals surface area contributed by atoms with Crippen LogP contribution < -0.4 is 14.2 Å². The summed E-state index contributed by atoms with van der Waals surface area (Å²) in [6.07, 6.45) is 0. The van der Waals surface area contributed by atoms with Crippen LogP contribution in [-0.4, -0.2) is 16.1 Å². The Morgan fingerprint density at radius 2 is 1.94 bits per heavy atom. The summed E-state index contributed by atoms with van der Waals surface area (Å²) >= 11 is -1.09. The van der Waals surface area contributed by atoms with Gasteiger partial charge in [-0.25, -0.2) is 0 Å². The van der Waals surface area contributed by atoms with Crippen molar-refractivity contribution in [1.29, 1.82) is 0 Å². The van der Waals surface area contributed by atoms with E-state index in [4.69, 9.17) is 9.47 Å². The molecule has 5 heteroatoms. The summed E-state index contributed by atoms with van der Waals surface area (Å²) in [5, 5.41) is 0. The van der Waals surface area contributed by atoms with Crippen LogP contribution in [-0.2, 0) is 11.4 Å². The maximum atomic E-state index is 12.0. The minimum atomic E-state index is -1.09. The molecule has 4 nitrogen and oxygen atoms in total. The number of hydrogen-bond donors (Lipinski definition) is 1. The van der Waals surface area contributed by atoms with Gasteiger partial charge in [-0.3, -0.25) is 0 Å². The van der Waals surface area contributed by atoms with Crippen molar-refractivity contribution in [3.05, 3.63) is 23.8 Å². The second-order valence-electron chi connectivity index (χ2n) is 5.33. The molecule has 1 aromatic rings. The van der Waals surface area contributed by atoms with E-state index in [1.807, 2.05) is 45.9 Å². The van der Waals surface area contributed by atoms with Gasteiger partial charge in [0.05, 0.1) is 6.04 Å². The van der Waals surface area contributed by atoms with Gasteiger partial charge in [0.15, 0.2) is 11.5 Å². The van der Waals surface area contributed by atoms with Crippen molar-refractivity contribution in [2.24, 2.45) is 0 Å². The van der Waals surface area contributed by atoms with E-state index in [2.05, 4.69) is 4.72 Å². The molecule has 0 amide bonds. The van der Waals surface area contributed by atoms with Gasteiger partial charge in [0.2, 0.25) is 6.79 Å². The van der Waals surface area contributed by atoms with Crippen molar-refractivity contribution in [3.63, 3.8) is 0 Å². The van der Waals surface area contributed by atoms with E-state index in [1.165, 1.54) is 0 Å². The second-order valence-corrected chi connectivity index (χ2v) is 7.33. The lowest BCUT2D eigenvalue weighted by Crippen LogP contribution is -2.40. The van der Waals surface area contributed by atoms with E-state index in [-0.39, 0.29) is 17.6 Å². The summed E-state index contributed by atoms with van der Waals surface area (Å²) < 4.78 is 25.5. The van der Waals surface area contributed by atoms with Crippen LogP contribution in [0.5, 0.6) is 11.5 Å². The Balaban J connectivity index is 2.07. The minimum absolute atomic E-state index is 0.000409. The Morgan fingerprint density at radius 1 is 1.28 bits per heavy atom. The van der Waals surface area contributed by atoms with Crippen molar-refractivity contribution < 1.29 is 14.0 Å². The fourth-order valence-corrected chi connectivity index (χ4v) is 2.40. The summed E-state index contributed by atoms with van der Waals surface area (Å²) in [6.45, 7) is 8.10. The van der Waals surface area contributed by atoms with Gasteiger partial charge in [-0.05, 0) is 45.4 Å². The lowest BCUT2D eigenvalue weighted by atomic mass is 10.1. The third kappa shape index (κ3) is 2.91. The zero-order valence-electron chi connectivity index (χ0n) is 11.1. The normalized spacial score (nSPS) is 17.6. The van der Waals surface area contributed by atoms with Gasteiger partial charge in [0, 0.05) is 11.4 Å². The van der Waals surface area contributed by atoms with Crippen LogP contribution in [0.4, 0.5) is 0 Å². The van der Waals surface area contributed by atoms with E-state index in [0.717, 1.165) is 17.1 Å². The quantitative estimate of drug-likeness (QED) is 0.857. The summed E-state index contributed by atoms with van der Waals surface area (Å²) in [5.41, 5.74) is 1.04. The molecule has 1 aliphatic heterocycles. The predicted octanol–water partition coefficient (Wildman–Crippen LogP) is 2.53. The van der Waals surface area contributed by atoms with Gasteiger partial charge >= 0.3 is 0 Å². The summed E-state index contributed by atoms with van der Waals surface area (Å²) in [5.74, 6) is 1.52. The standard InChI is InChI=1S/C13H19NO3S/c1-9(14-18(15)13(2,3)4)10-5-6-11-12(7-10)17-8-16-11/h5-7,9,14H,8H2,1-4H3/t9-,18?/m1/s1. The molecule has 0 spiro atoms. The summed E-state index contributed by atoms with van der Waals surface area (Å²) in [4.78, 5) is 0. The molecule has 0 radical (unpaired) electrons. The average Bonchev–Trinajstić information content (AvgIpc) is 2.74. The van der Waals surface area contributed by atoms with E-state index in [9.17, 15) is 4.55 Å². The van der Waals surface area contributed by atoms with Crippen LogP contribution in [0.2, 0.25) is 0 Å². The van der Waals surface area contributed by atoms with Gasteiger partial charge in [-0.1, -0.05) is 6.07 Å². The maximum absolute atomic E-state index is 12.0. The van der Waals surface area contributed by atoms with Gasteiger partial charge in [-0.2, -0.15) is 0 Å². The monoisotopic (exact) mass is 269 g/mol. The number of benzene rings is 1. The van der Waals surface area contributed by atoms with Crippen molar-refractivity contribution in [2.75, 3.05) is 6.79 Å². The fraction of sp³-hybridized carbons (Fsp3) is 0.538. The molecule has 100 valence electrons. The SMILES string of the molecule is C[C@@H](N[S+]([O-])C(C)(C)C)c1ccc2c(c1)OCO2. The highest BCUT2D eigenvalue weighted by Crippen LogP contribution is 2.34. The molecular formula is C13H19NO3S. The smallest absolute Gasteiger partial charge is 0.231 e. The molecule has 0 aliphatic carbocycles. The van der Waals surface area contributed by atoms with Crippen LogP contribution in [0.25, 0.3) is 0 Å². The largest absolute Gasteiger partial charge is 0.598 e. The highest BCUT2D eigenvalue weighted by Gasteiger charge is 2.28. The number of hydrogen-bond acceptors (Lipinski definition) is 4. The molecule has 2 atom stereocenters. The van der Waals surface area contributed by atoms with Gasteiger partial charge < -0.3 is 14.0 Å².